The molecular formula is C28H24F5N. The van der Waals surface area contributed by atoms with Gasteiger partial charge in [0.15, 0.2) is 23.3 Å². The molecule has 5 rings (SSSR count). The lowest BCUT2D eigenvalue weighted by atomic mass is 9.70. The number of nitrogens with zero attached hydrogens (tertiary/aromatic N) is 1. The van der Waals surface area contributed by atoms with Crippen LogP contribution in [0.1, 0.15) is 45.1 Å². The summed E-state index contributed by atoms with van der Waals surface area (Å²) in [7, 11) is 0. The summed E-state index contributed by atoms with van der Waals surface area (Å²) in [6, 6.07) is 6.07. The standard InChI is InChI=1S/C28H24F5N/c1-15(28(2)12-5-6-13-28)26-18-10-3-4-11-19(18)27(34-26)17-9-7-8-16(14-17)20-21(29)23(31)25(33)24(32)22(20)30/h3-4,7-11,14-15,18H,5-6,12-13H2,1-2H3. The van der Waals surface area contributed by atoms with Gasteiger partial charge < -0.3 is 0 Å². The molecule has 0 radical (unpaired) electrons. The van der Waals surface area contributed by atoms with Crippen LogP contribution in [-0.4, -0.2) is 5.71 Å². The maximum absolute atomic E-state index is 14.5. The van der Waals surface area contributed by atoms with E-state index in [9.17, 15) is 22.0 Å². The van der Waals surface area contributed by atoms with Crippen LogP contribution in [-0.2, 0) is 0 Å². The molecule has 34 heavy (non-hydrogen) atoms. The number of hydrogen-bond acceptors (Lipinski definition) is 1. The zero-order valence-corrected chi connectivity index (χ0v) is 18.9. The van der Waals surface area contributed by atoms with Crippen molar-refractivity contribution >= 4 is 11.4 Å². The second kappa shape index (κ2) is 8.33. The first-order valence-electron chi connectivity index (χ1n) is 11.5. The summed E-state index contributed by atoms with van der Waals surface area (Å²) >= 11 is 0. The molecule has 1 saturated carbocycles. The first-order valence-corrected chi connectivity index (χ1v) is 11.5. The molecule has 0 spiro atoms. The first kappa shape index (κ1) is 22.8. The number of aliphatic imine (C=N–C) groups is 1. The fourth-order valence-corrected chi connectivity index (χ4v) is 5.54. The second-order valence-corrected chi connectivity index (χ2v) is 9.67. The van der Waals surface area contributed by atoms with E-state index in [1.807, 2.05) is 18.2 Å². The summed E-state index contributed by atoms with van der Waals surface area (Å²) < 4.78 is 70.1. The van der Waals surface area contributed by atoms with Crippen molar-refractivity contribution in [1.29, 1.82) is 0 Å². The summed E-state index contributed by atoms with van der Waals surface area (Å²) in [5.41, 5.74) is 2.39. The van der Waals surface area contributed by atoms with E-state index in [4.69, 9.17) is 4.99 Å². The molecule has 2 aromatic carbocycles. The summed E-state index contributed by atoms with van der Waals surface area (Å²) in [5.74, 6) is -9.53. The monoisotopic (exact) mass is 469 g/mol. The maximum atomic E-state index is 14.5. The Morgan fingerprint density at radius 2 is 1.50 bits per heavy atom. The van der Waals surface area contributed by atoms with E-state index in [-0.39, 0.29) is 22.8 Å². The Balaban J connectivity index is 1.61. The highest BCUT2D eigenvalue weighted by Gasteiger charge is 2.41. The minimum Gasteiger partial charge on any atom is -0.256 e. The van der Waals surface area contributed by atoms with Gasteiger partial charge in [0, 0.05) is 23.1 Å². The SMILES string of the molecule is CC(C1=NC(c2cccc(-c3c(F)c(F)c(F)c(F)c3F)c2)=C2C=CC=CC12)C1(C)CCCC1. The molecule has 1 aliphatic heterocycles. The molecule has 1 nitrogen and oxygen atoms in total. The topological polar surface area (TPSA) is 12.4 Å². The molecule has 2 aromatic rings. The van der Waals surface area contributed by atoms with Gasteiger partial charge in [0.05, 0.1) is 11.3 Å². The maximum Gasteiger partial charge on any atom is 0.200 e. The van der Waals surface area contributed by atoms with E-state index in [1.165, 1.54) is 25.0 Å². The van der Waals surface area contributed by atoms with Gasteiger partial charge in [-0.3, -0.25) is 4.99 Å². The van der Waals surface area contributed by atoms with Crippen LogP contribution in [0.15, 0.2) is 59.1 Å². The van der Waals surface area contributed by atoms with Crippen LogP contribution in [0.2, 0.25) is 0 Å². The Hall–Kier alpha value is -3.02. The van der Waals surface area contributed by atoms with Crippen molar-refractivity contribution < 1.29 is 22.0 Å². The van der Waals surface area contributed by atoms with Crippen molar-refractivity contribution in [3.63, 3.8) is 0 Å². The average Bonchev–Trinajstić information content (AvgIpc) is 3.46. The van der Waals surface area contributed by atoms with Gasteiger partial charge in [-0.2, -0.15) is 0 Å². The van der Waals surface area contributed by atoms with Crippen LogP contribution in [0, 0.1) is 46.3 Å². The van der Waals surface area contributed by atoms with Crippen molar-refractivity contribution in [3.05, 3.63) is 88.8 Å². The molecule has 0 saturated heterocycles. The minimum absolute atomic E-state index is 0.00487. The van der Waals surface area contributed by atoms with E-state index in [1.54, 1.807) is 12.1 Å². The zero-order valence-electron chi connectivity index (χ0n) is 18.9. The third-order valence-corrected chi connectivity index (χ3v) is 7.73. The Morgan fingerprint density at radius 3 is 2.18 bits per heavy atom. The molecule has 0 amide bonds. The third kappa shape index (κ3) is 3.46. The van der Waals surface area contributed by atoms with E-state index < -0.39 is 34.6 Å². The van der Waals surface area contributed by atoms with Gasteiger partial charge >= 0.3 is 0 Å². The second-order valence-electron chi connectivity index (χ2n) is 9.67. The number of allylic oxidation sites excluding steroid dienone is 5. The van der Waals surface area contributed by atoms with Crippen LogP contribution in [0.4, 0.5) is 22.0 Å². The van der Waals surface area contributed by atoms with Gasteiger partial charge in [0.25, 0.3) is 0 Å². The largest absolute Gasteiger partial charge is 0.256 e. The molecule has 176 valence electrons. The molecule has 2 unspecified atom stereocenters. The fourth-order valence-electron chi connectivity index (χ4n) is 5.54. The third-order valence-electron chi connectivity index (χ3n) is 7.73. The number of hydrogen-bond donors (Lipinski definition) is 0. The Bertz CT molecular complexity index is 1270. The lowest BCUT2D eigenvalue weighted by Gasteiger charge is -2.33. The van der Waals surface area contributed by atoms with Gasteiger partial charge in [-0.25, -0.2) is 22.0 Å². The van der Waals surface area contributed by atoms with Crippen molar-refractivity contribution in [1.82, 2.24) is 0 Å². The van der Waals surface area contributed by atoms with Crippen LogP contribution in [0.5, 0.6) is 0 Å². The highest BCUT2D eigenvalue weighted by Crippen LogP contribution is 2.49. The van der Waals surface area contributed by atoms with E-state index in [0.717, 1.165) is 24.1 Å². The lowest BCUT2D eigenvalue weighted by molar-refractivity contribution is 0.266. The van der Waals surface area contributed by atoms with Crippen LogP contribution < -0.4 is 0 Å². The molecule has 2 atom stereocenters. The Labute approximate surface area is 195 Å². The Morgan fingerprint density at radius 1 is 0.882 bits per heavy atom. The normalized spacial score (nSPS) is 21.7. The van der Waals surface area contributed by atoms with Gasteiger partial charge in [-0.05, 0) is 35.5 Å². The molecule has 0 N–H and O–H groups in total. The smallest absolute Gasteiger partial charge is 0.200 e. The predicted octanol–water partition coefficient (Wildman–Crippen LogP) is 8.17. The summed E-state index contributed by atoms with van der Waals surface area (Å²) in [6.45, 7) is 4.51. The molecule has 2 aliphatic carbocycles. The minimum atomic E-state index is -2.17. The molecule has 0 aromatic heterocycles. The van der Waals surface area contributed by atoms with Gasteiger partial charge in [-0.15, -0.1) is 0 Å². The van der Waals surface area contributed by atoms with Gasteiger partial charge in [-0.1, -0.05) is 69.2 Å². The van der Waals surface area contributed by atoms with Crippen molar-refractivity contribution in [2.45, 2.75) is 39.5 Å². The number of fused-ring (bicyclic) bond motifs is 1. The number of rotatable bonds is 4. The van der Waals surface area contributed by atoms with Crippen LogP contribution in [0.3, 0.4) is 0 Å². The van der Waals surface area contributed by atoms with Gasteiger partial charge in [0.1, 0.15) is 0 Å². The molecular weight excluding hydrogens is 445 g/mol. The average molecular weight is 469 g/mol. The van der Waals surface area contributed by atoms with E-state index in [0.29, 0.717) is 11.3 Å². The van der Waals surface area contributed by atoms with Gasteiger partial charge in [0.2, 0.25) is 5.82 Å². The van der Waals surface area contributed by atoms with Crippen molar-refractivity contribution in [3.8, 4) is 11.1 Å². The number of halogens is 5. The first-order chi connectivity index (χ1) is 16.2. The molecule has 0 bridgehead atoms. The molecule has 6 heteroatoms. The van der Waals surface area contributed by atoms with Crippen molar-refractivity contribution in [2.24, 2.45) is 22.2 Å². The van der Waals surface area contributed by atoms with E-state index >= 15 is 0 Å². The fraction of sp³-hybridized carbons (Fsp3) is 0.321. The summed E-state index contributed by atoms with van der Waals surface area (Å²) in [4.78, 5) is 5.02. The molecule has 1 heterocycles. The Kier molecular flexibility index (Phi) is 5.58. The zero-order chi connectivity index (χ0) is 24.2. The highest BCUT2D eigenvalue weighted by molar-refractivity contribution is 6.04. The van der Waals surface area contributed by atoms with Crippen molar-refractivity contribution in [2.75, 3.05) is 0 Å². The van der Waals surface area contributed by atoms with Crippen LogP contribution in [0.25, 0.3) is 16.8 Å². The summed E-state index contributed by atoms with van der Waals surface area (Å²) in [6.07, 6.45) is 12.7. The predicted molar refractivity (Wildman–Crippen MR) is 124 cm³/mol. The highest BCUT2D eigenvalue weighted by atomic mass is 19.2. The quantitative estimate of drug-likeness (QED) is 0.243. The van der Waals surface area contributed by atoms with Crippen LogP contribution >= 0.6 is 0 Å². The van der Waals surface area contributed by atoms with E-state index in [2.05, 4.69) is 19.9 Å². The molecule has 3 aliphatic rings. The lowest BCUT2D eigenvalue weighted by Crippen LogP contribution is -2.32. The molecule has 1 fully saturated rings. The summed E-state index contributed by atoms with van der Waals surface area (Å²) in [5, 5.41) is 0. The number of benzene rings is 2.